The molecule has 8 nitrogen and oxygen atoms in total. The molecule has 1 aliphatic heterocycles. The Morgan fingerprint density at radius 3 is 2.36 bits per heavy atom. The van der Waals surface area contributed by atoms with Crippen LogP contribution in [0, 0.1) is 0 Å². The van der Waals surface area contributed by atoms with Crippen molar-refractivity contribution in [3.63, 3.8) is 0 Å². The van der Waals surface area contributed by atoms with Gasteiger partial charge in [0.2, 0.25) is 0 Å². The van der Waals surface area contributed by atoms with Gasteiger partial charge in [-0.15, -0.1) is 24.0 Å². The summed E-state index contributed by atoms with van der Waals surface area (Å²) in [5, 5.41) is 6.52. The third kappa shape index (κ3) is 12.6. The summed E-state index contributed by atoms with van der Waals surface area (Å²) in [6, 6.07) is 0. The minimum atomic E-state index is -0.437. The molecule has 2 N–H and O–H groups in total. The Hall–Kier alpha value is -0.810. The van der Waals surface area contributed by atoms with Crippen molar-refractivity contribution in [2.24, 2.45) is 4.99 Å². The van der Waals surface area contributed by atoms with Crippen LogP contribution in [0.2, 0.25) is 0 Å². The lowest BCUT2D eigenvalue weighted by Gasteiger charge is -2.35. The smallest absolute Gasteiger partial charge is 0.410 e. The number of hydrogen-bond acceptors (Lipinski definition) is 5. The molecule has 0 aromatic rings. The van der Waals surface area contributed by atoms with Crippen molar-refractivity contribution in [2.75, 3.05) is 65.6 Å². The molecule has 0 atom stereocenters. The summed E-state index contributed by atoms with van der Waals surface area (Å²) in [4.78, 5) is 20.9. The Morgan fingerprint density at radius 1 is 1.11 bits per heavy atom. The highest BCUT2D eigenvalue weighted by molar-refractivity contribution is 14.0. The van der Waals surface area contributed by atoms with Gasteiger partial charge in [-0.1, -0.05) is 0 Å². The van der Waals surface area contributed by atoms with Gasteiger partial charge in [-0.05, 0) is 41.0 Å². The molecule has 1 amide bonds. The van der Waals surface area contributed by atoms with Crippen LogP contribution in [0.15, 0.2) is 4.99 Å². The molecule has 0 spiro atoms. The minimum absolute atomic E-state index is 0. The molecule has 0 radical (unpaired) electrons. The molecule has 1 fully saturated rings. The van der Waals surface area contributed by atoms with E-state index in [2.05, 4.69) is 27.4 Å². The van der Waals surface area contributed by atoms with E-state index in [0.29, 0.717) is 6.61 Å². The molecule has 166 valence electrons. The number of nitrogens with zero attached hydrogens (tertiary/aromatic N) is 3. The molecule has 0 aromatic heterocycles. The van der Waals surface area contributed by atoms with Crippen LogP contribution in [0.4, 0.5) is 4.79 Å². The molecule has 0 aromatic carbocycles. The minimum Gasteiger partial charge on any atom is -0.444 e. The first kappa shape index (κ1) is 27.2. The monoisotopic (exact) mass is 513 g/mol. The molecule has 0 aliphatic carbocycles. The Labute approximate surface area is 187 Å². The SMILES string of the molecule is CCNC(=NCCCN1CCN(C(=O)OC(C)(C)C)CC1)NCCOCC.I. The third-order valence-corrected chi connectivity index (χ3v) is 4.01. The van der Waals surface area contributed by atoms with Gasteiger partial charge in [-0.2, -0.15) is 0 Å². The zero-order chi connectivity index (χ0) is 20.1. The highest BCUT2D eigenvalue weighted by Crippen LogP contribution is 2.11. The summed E-state index contributed by atoms with van der Waals surface area (Å²) in [5.41, 5.74) is -0.437. The lowest BCUT2D eigenvalue weighted by Crippen LogP contribution is -2.50. The average Bonchev–Trinajstić information content (AvgIpc) is 2.61. The van der Waals surface area contributed by atoms with Crippen molar-refractivity contribution in [2.45, 2.75) is 46.6 Å². The molecule has 0 bridgehead atoms. The van der Waals surface area contributed by atoms with Crippen LogP contribution >= 0.6 is 24.0 Å². The van der Waals surface area contributed by atoms with E-state index in [-0.39, 0.29) is 30.1 Å². The second-order valence-electron chi connectivity index (χ2n) is 7.55. The standard InChI is InChI=1S/C19H39N5O3.HI/c1-6-20-17(22-10-16-26-7-2)21-9-8-11-23-12-14-24(15-13-23)18(25)27-19(3,4)5;/h6-16H2,1-5H3,(H2,20,21,22);1H. The number of carbonyl (C=O) groups is 1. The van der Waals surface area contributed by atoms with E-state index in [1.807, 2.05) is 27.7 Å². The number of guanidine groups is 1. The second kappa shape index (κ2) is 15.1. The highest BCUT2D eigenvalue weighted by atomic mass is 127. The van der Waals surface area contributed by atoms with Gasteiger partial charge >= 0.3 is 6.09 Å². The van der Waals surface area contributed by atoms with Crippen molar-refractivity contribution in [1.29, 1.82) is 0 Å². The van der Waals surface area contributed by atoms with Gasteiger partial charge in [0, 0.05) is 59.0 Å². The largest absolute Gasteiger partial charge is 0.444 e. The van der Waals surface area contributed by atoms with Gasteiger partial charge in [0.1, 0.15) is 5.60 Å². The van der Waals surface area contributed by atoms with Crippen LogP contribution in [0.25, 0.3) is 0 Å². The third-order valence-electron chi connectivity index (χ3n) is 4.01. The Morgan fingerprint density at radius 2 is 1.79 bits per heavy atom. The van der Waals surface area contributed by atoms with Gasteiger partial charge in [-0.25, -0.2) is 4.79 Å². The van der Waals surface area contributed by atoms with Gasteiger partial charge in [0.25, 0.3) is 0 Å². The molecule has 1 aliphatic rings. The topological polar surface area (TPSA) is 78.4 Å². The number of carbonyl (C=O) groups excluding carboxylic acids is 1. The zero-order valence-electron chi connectivity index (χ0n) is 18.3. The lowest BCUT2D eigenvalue weighted by atomic mass is 10.2. The summed E-state index contributed by atoms with van der Waals surface area (Å²) in [6.45, 7) is 17.7. The first-order valence-electron chi connectivity index (χ1n) is 10.2. The molecule has 0 unspecified atom stereocenters. The number of aliphatic imine (C=N–C) groups is 1. The van der Waals surface area contributed by atoms with E-state index in [1.165, 1.54) is 0 Å². The number of halogens is 1. The summed E-state index contributed by atoms with van der Waals surface area (Å²) >= 11 is 0. The van der Waals surface area contributed by atoms with Crippen LogP contribution in [0.5, 0.6) is 0 Å². The normalized spacial score (nSPS) is 15.8. The lowest BCUT2D eigenvalue weighted by molar-refractivity contribution is 0.0145. The summed E-state index contributed by atoms with van der Waals surface area (Å²) in [6.07, 6.45) is 0.786. The Balaban J connectivity index is 0.00000729. The van der Waals surface area contributed by atoms with E-state index in [1.54, 1.807) is 4.90 Å². The van der Waals surface area contributed by atoms with Crippen LogP contribution in [0.1, 0.15) is 41.0 Å². The fraction of sp³-hybridized carbons (Fsp3) is 0.895. The molecule has 0 saturated carbocycles. The van der Waals surface area contributed by atoms with E-state index in [0.717, 1.165) is 71.3 Å². The number of hydrogen-bond donors (Lipinski definition) is 2. The summed E-state index contributed by atoms with van der Waals surface area (Å²) in [5.74, 6) is 0.840. The molecular weight excluding hydrogens is 473 g/mol. The molecular formula is C19H40IN5O3. The van der Waals surface area contributed by atoms with Crippen molar-refractivity contribution in [1.82, 2.24) is 20.4 Å². The maximum absolute atomic E-state index is 12.1. The average molecular weight is 513 g/mol. The summed E-state index contributed by atoms with van der Waals surface area (Å²) in [7, 11) is 0. The number of ether oxygens (including phenoxy) is 2. The van der Waals surface area contributed by atoms with Crippen LogP contribution in [0.3, 0.4) is 0 Å². The predicted molar refractivity (Wildman–Crippen MR) is 125 cm³/mol. The first-order valence-corrected chi connectivity index (χ1v) is 10.2. The molecule has 1 saturated heterocycles. The van der Waals surface area contributed by atoms with E-state index in [9.17, 15) is 4.79 Å². The van der Waals surface area contributed by atoms with Crippen LogP contribution < -0.4 is 10.6 Å². The maximum atomic E-state index is 12.1. The Kier molecular flexibility index (Phi) is 14.6. The van der Waals surface area contributed by atoms with E-state index < -0.39 is 5.60 Å². The van der Waals surface area contributed by atoms with Crippen LogP contribution in [-0.4, -0.2) is 93.0 Å². The molecule has 28 heavy (non-hydrogen) atoms. The molecule has 9 heteroatoms. The fourth-order valence-corrected chi connectivity index (χ4v) is 2.69. The van der Waals surface area contributed by atoms with Crippen LogP contribution in [-0.2, 0) is 9.47 Å². The van der Waals surface area contributed by atoms with Crippen molar-refractivity contribution in [3.8, 4) is 0 Å². The highest BCUT2D eigenvalue weighted by Gasteiger charge is 2.25. The maximum Gasteiger partial charge on any atom is 0.410 e. The zero-order valence-corrected chi connectivity index (χ0v) is 20.6. The predicted octanol–water partition coefficient (Wildman–Crippen LogP) is 2.14. The van der Waals surface area contributed by atoms with E-state index in [4.69, 9.17) is 9.47 Å². The Bertz CT molecular complexity index is 449. The molecule has 1 heterocycles. The number of amides is 1. The van der Waals surface area contributed by atoms with Gasteiger partial charge in [-0.3, -0.25) is 9.89 Å². The second-order valence-corrected chi connectivity index (χ2v) is 7.55. The van der Waals surface area contributed by atoms with Crippen molar-refractivity contribution < 1.29 is 14.3 Å². The van der Waals surface area contributed by atoms with Gasteiger partial charge in [0.15, 0.2) is 5.96 Å². The molecule has 1 rings (SSSR count). The summed E-state index contributed by atoms with van der Waals surface area (Å²) < 4.78 is 10.8. The van der Waals surface area contributed by atoms with Gasteiger partial charge in [0.05, 0.1) is 6.61 Å². The number of rotatable bonds is 9. The quantitative estimate of drug-likeness (QED) is 0.213. The number of piperazine rings is 1. The first-order chi connectivity index (χ1) is 12.9. The van der Waals surface area contributed by atoms with E-state index >= 15 is 0 Å². The van der Waals surface area contributed by atoms with Crippen molar-refractivity contribution in [3.05, 3.63) is 0 Å². The number of nitrogens with one attached hydrogen (secondary N) is 2. The van der Waals surface area contributed by atoms with Gasteiger partial charge < -0.3 is 25.0 Å². The van der Waals surface area contributed by atoms with Crippen molar-refractivity contribution >= 4 is 36.0 Å². The fourth-order valence-electron chi connectivity index (χ4n) is 2.69.